The molecule has 0 aliphatic heterocycles. The van der Waals surface area contributed by atoms with Crippen LogP contribution in [0.4, 0.5) is 0 Å². The van der Waals surface area contributed by atoms with Crippen molar-refractivity contribution in [1.29, 1.82) is 0 Å². The first-order valence-corrected chi connectivity index (χ1v) is 9.96. The zero-order chi connectivity index (χ0) is 18.6. The fourth-order valence-electron chi connectivity index (χ4n) is 3.43. The van der Waals surface area contributed by atoms with Gasteiger partial charge in [-0.05, 0) is 38.1 Å². The average Bonchev–Trinajstić information content (AvgIpc) is 2.90. The van der Waals surface area contributed by atoms with Crippen molar-refractivity contribution in [3.8, 4) is 0 Å². The summed E-state index contributed by atoms with van der Waals surface area (Å²) in [6.07, 6.45) is 8.24. The van der Waals surface area contributed by atoms with Gasteiger partial charge < -0.3 is 20.3 Å². The number of aliphatic imine (C=N–C) groups is 1. The van der Waals surface area contributed by atoms with E-state index >= 15 is 0 Å². The molecule has 1 aliphatic rings. The molecular weight excluding hydrogens is 324 g/mol. The summed E-state index contributed by atoms with van der Waals surface area (Å²) < 4.78 is 6.03. The van der Waals surface area contributed by atoms with Crippen molar-refractivity contribution in [3.63, 3.8) is 0 Å². The second-order valence-corrected chi connectivity index (χ2v) is 7.34. The number of nitrogens with one attached hydrogen (secondary N) is 2. The predicted molar refractivity (Wildman–Crippen MR) is 109 cm³/mol. The Bertz CT molecular complexity index is 537. The minimum Gasteiger partial charge on any atom is -0.376 e. The minimum atomic E-state index is 0.451. The monoisotopic (exact) mass is 360 g/mol. The standard InChI is InChI=1S/C21H36N4O/c1-22-21(23-14-15-26-20-12-6-4-5-7-13-20)24-16-18-10-8-9-11-19(18)17-25(2)3/h8-11,20H,4-7,12-17H2,1-3H3,(H2,22,23,24). The molecule has 0 heterocycles. The molecular formula is C21H36N4O. The van der Waals surface area contributed by atoms with E-state index in [4.69, 9.17) is 4.74 Å². The maximum absolute atomic E-state index is 6.03. The molecule has 0 unspecified atom stereocenters. The highest BCUT2D eigenvalue weighted by Gasteiger charge is 2.12. The van der Waals surface area contributed by atoms with Crippen molar-refractivity contribution in [1.82, 2.24) is 15.5 Å². The first-order valence-electron chi connectivity index (χ1n) is 9.96. The van der Waals surface area contributed by atoms with Crippen molar-refractivity contribution in [2.45, 2.75) is 57.7 Å². The summed E-state index contributed by atoms with van der Waals surface area (Å²) in [6, 6.07) is 8.55. The van der Waals surface area contributed by atoms with E-state index in [9.17, 15) is 0 Å². The summed E-state index contributed by atoms with van der Waals surface area (Å²) in [4.78, 5) is 6.51. The number of nitrogens with zero attached hydrogens (tertiary/aromatic N) is 2. The number of hydrogen-bond acceptors (Lipinski definition) is 3. The molecule has 0 atom stereocenters. The lowest BCUT2D eigenvalue weighted by atomic mass is 10.1. The minimum absolute atomic E-state index is 0.451. The van der Waals surface area contributed by atoms with Crippen LogP contribution in [0.2, 0.25) is 0 Å². The van der Waals surface area contributed by atoms with Gasteiger partial charge in [0.15, 0.2) is 5.96 Å². The lowest BCUT2D eigenvalue weighted by molar-refractivity contribution is 0.0468. The van der Waals surface area contributed by atoms with E-state index in [2.05, 4.69) is 58.9 Å². The molecule has 2 rings (SSSR count). The maximum Gasteiger partial charge on any atom is 0.191 e. The van der Waals surface area contributed by atoms with Crippen LogP contribution in [-0.4, -0.2) is 51.3 Å². The summed E-state index contributed by atoms with van der Waals surface area (Å²) in [6.45, 7) is 3.24. The molecule has 0 aromatic heterocycles. The number of rotatable bonds is 8. The summed E-state index contributed by atoms with van der Waals surface area (Å²) >= 11 is 0. The molecule has 1 saturated carbocycles. The highest BCUT2D eigenvalue weighted by atomic mass is 16.5. The van der Waals surface area contributed by atoms with Crippen LogP contribution < -0.4 is 10.6 Å². The molecule has 1 fully saturated rings. The number of ether oxygens (including phenoxy) is 1. The molecule has 26 heavy (non-hydrogen) atoms. The first kappa shape index (κ1) is 20.7. The van der Waals surface area contributed by atoms with E-state index in [1.54, 1.807) is 0 Å². The largest absolute Gasteiger partial charge is 0.376 e. The number of benzene rings is 1. The zero-order valence-corrected chi connectivity index (χ0v) is 16.8. The van der Waals surface area contributed by atoms with Crippen LogP contribution in [0.15, 0.2) is 29.3 Å². The first-order chi connectivity index (χ1) is 12.7. The Hall–Kier alpha value is -1.59. The van der Waals surface area contributed by atoms with Gasteiger partial charge in [0.05, 0.1) is 12.7 Å². The van der Waals surface area contributed by atoms with E-state index in [1.807, 2.05) is 7.05 Å². The fourth-order valence-corrected chi connectivity index (χ4v) is 3.43. The third kappa shape index (κ3) is 7.75. The van der Waals surface area contributed by atoms with Crippen LogP contribution >= 0.6 is 0 Å². The predicted octanol–water partition coefficient (Wildman–Crippen LogP) is 3.15. The third-order valence-corrected chi connectivity index (χ3v) is 4.83. The maximum atomic E-state index is 6.03. The van der Waals surface area contributed by atoms with Crippen LogP contribution in [0.25, 0.3) is 0 Å². The molecule has 1 aromatic carbocycles. The van der Waals surface area contributed by atoms with Crippen LogP contribution in [0.5, 0.6) is 0 Å². The Balaban J connectivity index is 1.71. The average molecular weight is 361 g/mol. The Kier molecular flexibility index (Phi) is 9.50. The molecule has 5 heteroatoms. The van der Waals surface area contributed by atoms with Crippen molar-refractivity contribution in [2.75, 3.05) is 34.3 Å². The van der Waals surface area contributed by atoms with Gasteiger partial charge in [0.25, 0.3) is 0 Å². The van der Waals surface area contributed by atoms with Crippen molar-refractivity contribution < 1.29 is 4.74 Å². The van der Waals surface area contributed by atoms with Crippen molar-refractivity contribution in [3.05, 3.63) is 35.4 Å². The fraction of sp³-hybridized carbons (Fsp3) is 0.667. The lowest BCUT2D eigenvalue weighted by Gasteiger charge is -2.18. The molecule has 0 saturated heterocycles. The molecule has 146 valence electrons. The number of hydrogen-bond donors (Lipinski definition) is 2. The Labute approximate surface area is 159 Å². The normalized spacial score (nSPS) is 16.5. The lowest BCUT2D eigenvalue weighted by Crippen LogP contribution is -2.39. The Morgan fingerprint density at radius 1 is 1.08 bits per heavy atom. The summed E-state index contributed by atoms with van der Waals surface area (Å²) in [5, 5.41) is 6.77. The van der Waals surface area contributed by atoms with Gasteiger partial charge in [-0.1, -0.05) is 49.9 Å². The third-order valence-electron chi connectivity index (χ3n) is 4.83. The van der Waals surface area contributed by atoms with Crippen molar-refractivity contribution in [2.24, 2.45) is 4.99 Å². The molecule has 0 radical (unpaired) electrons. The Morgan fingerprint density at radius 2 is 1.77 bits per heavy atom. The van der Waals surface area contributed by atoms with Gasteiger partial charge in [0.1, 0.15) is 0 Å². The summed E-state index contributed by atoms with van der Waals surface area (Å²) in [7, 11) is 6.01. The van der Waals surface area contributed by atoms with Crippen LogP contribution in [0, 0.1) is 0 Å². The second-order valence-electron chi connectivity index (χ2n) is 7.34. The van der Waals surface area contributed by atoms with E-state index in [0.29, 0.717) is 6.10 Å². The van der Waals surface area contributed by atoms with E-state index in [1.165, 1.54) is 49.7 Å². The van der Waals surface area contributed by atoms with E-state index in [0.717, 1.165) is 32.2 Å². The molecule has 2 N–H and O–H groups in total. The molecule has 0 amide bonds. The molecule has 5 nitrogen and oxygen atoms in total. The van der Waals surface area contributed by atoms with Gasteiger partial charge in [-0.3, -0.25) is 4.99 Å². The van der Waals surface area contributed by atoms with Gasteiger partial charge in [0, 0.05) is 26.7 Å². The van der Waals surface area contributed by atoms with Gasteiger partial charge in [-0.2, -0.15) is 0 Å². The second kappa shape index (κ2) is 11.9. The number of guanidine groups is 1. The van der Waals surface area contributed by atoms with Crippen LogP contribution in [-0.2, 0) is 17.8 Å². The van der Waals surface area contributed by atoms with Gasteiger partial charge in [-0.25, -0.2) is 0 Å². The highest BCUT2D eigenvalue weighted by molar-refractivity contribution is 5.79. The molecule has 1 aromatic rings. The highest BCUT2D eigenvalue weighted by Crippen LogP contribution is 2.19. The summed E-state index contributed by atoms with van der Waals surface area (Å²) in [5.41, 5.74) is 2.65. The summed E-state index contributed by atoms with van der Waals surface area (Å²) in [5.74, 6) is 0.828. The van der Waals surface area contributed by atoms with Crippen molar-refractivity contribution >= 4 is 5.96 Å². The topological polar surface area (TPSA) is 48.9 Å². The SMILES string of the molecule is CN=C(NCCOC1CCCCCC1)NCc1ccccc1CN(C)C. The Morgan fingerprint density at radius 3 is 2.42 bits per heavy atom. The van der Waals surface area contributed by atoms with Crippen LogP contribution in [0.1, 0.15) is 49.7 Å². The molecule has 0 spiro atoms. The van der Waals surface area contributed by atoms with Gasteiger partial charge in [-0.15, -0.1) is 0 Å². The quantitative estimate of drug-likeness (QED) is 0.324. The van der Waals surface area contributed by atoms with Crippen LogP contribution in [0.3, 0.4) is 0 Å². The molecule has 1 aliphatic carbocycles. The van der Waals surface area contributed by atoms with Gasteiger partial charge >= 0.3 is 0 Å². The van der Waals surface area contributed by atoms with E-state index in [-0.39, 0.29) is 0 Å². The van der Waals surface area contributed by atoms with E-state index < -0.39 is 0 Å². The van der Waals surface area contributed by atoms with Gasteiger partial charge in [0.2, 0.25) is 0 Å². The zero-order valence-electron chi connectivity index (χ0n) is 16.8. The molecule has 0 bridgehead atoms. The smallest absolute Gasteiger partial charge is 0.191 e.